The molecule has 102 valence electrons. The van der Waals surface area contributed by atoms with Crippen LogP contribution in [0.2, 0.25) is 0 Å². The van der Waals surface area contributed by atoms with E-state index in [-0.39, 0.29) is 17.2 Å². The highest BCUT2D eigenvalue weighted by Gasteiger charge is 2.20. The van der Waals surface area contributed by atoms with Crippen molar-refractivity contribution in [3.8, 4) is 0 Å². The van der Waals surface area contributed by atoms with Crippen molar-refractivity contribution in [1.82, 2.24) is 10.6 Å². The third-order valence-corrected chi connectivity index (χ3v) is 3.30. The maximum absolute atomic E-state index is 12.0. The molecule has 1 saturated heterocycles. The molecule has 1 aliphatic rings. The second kappa shape index (κ2) is 6.29. The number of nitrogens with one attached hydrogen (secondary N) is 2. The quantitative estimate of drug-likeness (QED) is 0.634. The van der Waals surface area contributed by atoms with Gasteiger partial charge in [0.2, 0.25) is 0 Å². The molecule has 6 heteroatoms. The van der Waals surface area contributed by atoms with Gasteiger partial charge in [-0.3, -0.25) is 14.9 Å². The summed E-state index contributed by atoms with van der Waals surface area (Å²) in [6.45, 7) is 2.46. The van der Waals surface area contributed by atoms with E-state index < -0.39 is 4.92 Å². The second-order valence-corrected chi connectivity index (χ2v) is 4.70. The first-order valence-corrected chi connectivity index (χ1v) is 6.41. The molecule has 0 radical (unpaired) electrons. The molecule has 2 rings (SSSR count). The van der Waals surface area contributed by atoms with Crippen molar-refractivity contribution in [1.29, 1.82) is 0 Å². The molecule has 1 atom stereocenters. The summed E-state index contributed by atoms with van der Waals surface area (Å²) in [5.41, 5.74) is -0.0296. The number of hydrogen-bond acceptors (Lipinski definition) is 4. The van der Waals surface area contributed by atoms with Crippen molar-refractivity contribution < 1.29 is 9.72 Å². The highest BCUT2D eigenvalue weighted by Crippen LogP contribution is 2.17. The average molecular weight is 263 g/mol. The van der Waals surface area contributed by atoms with E-state index >= 15 is 0 Å². The number of nitrogens with zero attached hydrogens (tertiary/aromatic N) is 1. The Labute approximate surface area is 111 Å². The molecular formula is C13H17N3O3. The van der Waals surface area contributed by atoms with E-state index in [1.807, 2.05) is 0 Å². The normalized spacial score (nSPS) is 18.8. The van der Waals surface area contributed by atoms with E-state index in [9.17, 15) is 14.9 Å². The summed E-state index contributed by atoms with van der Waals surface area (Å²) in [5.74, 6) is 0.0262. The molecule has 1 heterocycles. The van der Waals surface area contributed by atoms with Gasteiger partial charge < -0.3 is 10.6 Å². The van der Waals surface area contributed by atoms with Crippen LogP contribution in [0.4, 0.5) is 5.69 Å². The molecule has 0 spiro atoms. The van der Waals surface area contributed by atoms with Crippen molar-refractivity contribution >= 4 is 11.6 Å². The Morgan fingerprint density at radius 2 is 2.26 bits per heavy atom. The van der Waals surface area contributed by atoms with E-state index in [4.69, 9.17) is 0 Å². The minimum Gasteiger partial charge on any atom is -0.351 e. The molecule has 0 aromatic heterocycles. The summed E-state index contributed by atoms with van der Waals surface area (Å²) < 4.78 is 0. The molecule has 1 aromatic rings. The van der Waals surface area contributed by atoms with Gasteiger partial charge in [0.15, 0.2) is 0 Å². The Morgan fingerprint density at radius 3 is 2.95 bits per heavy atom. The van der Waals surface area contributed by atoms with Gasteiger partial charge in [-0.05, 0) is 37.9 Å². The molecule has 0 bridgehead atoms. The van der Waals surface area contributed by atoms with Gasteiger partial charge >= 0.3 is 0 Å². The zero-order valence-electron chi connectivity index (χ0n) is 10.6. The third-order valence-electron chi connectivity index (χ3n) is 3.30. The van der Waals surface area contributed by atoms with Crippen molar-refractivity contribution in [2.24, 2.45) is 5.92 Å². The number of para-hydroxylation sites is 1. The number of carbonyl (C=O) groups is 1. The number of hydrogen-bond donors (Lipinski definition) is 2. The van der Waals surface area contributed by atoms with Gasteiger partial charge in [0, 0.05) is 12.6 Å². The first-order valence-electron chi connectivity index (χ1n) is 6.41. The number of nitro benzene ring substituents is 1. The molecule has 0 aliphatic carbocycles. The standard InChI is InChI=1S/C13H17N3O3/c17-13(15-9-10-4-3-7-14-8-10)11-5-1-2-6-12(11)16(18)19/h1-2,5-6,10,14H,3-4,7-9H2,(H,15,17). The predicted molar refractivity (Wildman–Crippen MR) is 71.0 cm³/mol. The molecule has 1 aromatic carbocycles. The summed E-state index contributed by atoms with van der Waals surface area (Å²) in [5, 5.41) is 16.9. The fourth-order valence-electron chi connectivity index (χ4n) is 2.26. The SMILES string of the molecule is O=C(NCC1CCCNC1)c1ccccc1[N+](=O)[O-]. The number of amides is 1. The Bertz CT molecular complexity index is 470. The van der Waals surface area contributed by atoms with Crippen LogP contribution in [0.3, 0.4) is 0 Å². The number of carbonyl (C=O) groups excluding carboxylic acids is 1. The summed E-state index contributed by atoms with van der Waals surface area (Å²) >= 11 is 0. The highest BCUT2D eigenvalue weighted by atomic mass is 16.6. The lowest BCUT2D eigenvalue weighted by molar-refractivity contribution is -0.385. The summed E-state index contributed by atoms with van der Waals surface area (Å²) in [6.07, 6.45) is 2.18. The fourth-order valence-corrected chi connectivity index (χ4v) is 2.26. The molecule has 19 heavy (non-hydrogen) atoms. The summed E-state index contributed by atoms with van der Waals surface area (Å²) in [7, 11) is 0. The lowest BCUT2D eigenvalue weighted by Crippen LogP contribution is -2.38. The van der Waals surface area contributed by atoms with Crippen LogP contribution in [0, 0.1) is 16.0 Å². The van der Waals surface area contributed by atoms with Crippen LogP contribution in [-0.4, -0.2) is 30.5 Å². The largest absolute Gasteiger partial charge is 0.351 e. The number of piperidine rings is 1. The summed E-state index contributed by atoms with van der Waals surface area (Å²) in [6, 6.07) is 6.01. The van der Waals surface area contributed by atoms with Crippen LogP contribution < -0.4 is 10.6 Å². The third kappa shape index (κ3) is 3.51. The average Bonchev–Trinajstić information content (AvgIpc) is 2.46. The Hall–Kier alpha value is -1.95. The van der Waals surface area contributed by atoms with Crippen molar-refractivity contribution in [3.05, 3.63) is 39.9 Å². The lowest BCUT2D eigenvalue weighted by atomic mass is 9.99. The monoisotopic (exact) mass is 263 g/mol. The topological polar surface area (TPSA) is 84.3 Å². The number of nitro groups is 1. The van der Waals surface area contributed by atoms with Crippen LogP contribution in [0.15, 0.2) is 24.3 Å². The maximum atomic E-state index is 12.0. The molecule has 1 amide bonds. The van der Waals surface area contributed by atoms with Gasteiger partial charge in [0.25, 0.3) is 11.6 Å². The van der Waals surface area contributed by atoms with Crippen LogP contribution in [0.25, 0.3) is 0 Å². The van der Waals surface area contributed by atoms with E-state index in [0.29, 0.717) is 12.5 Å². The summed E-state index contributed by atoms with van der Waals surface area (Å²) in [4.78, 5) is 22.3. The first kappa shape index (κ1) is 13.5. The van der Waals surface area contributed by atoms with Gasteiger partial charge in [-0.25, -0.2) is 0 Å². The van der Waals surface area contributed by atoms with Crippen LogP contribution in [-0.2, 0) is 0 Å². The highest BCUT2D eigenvalue weighted by molar-refractivity contribution is 5.98. The van der Waals surface area contributed by atoms with Crippen LogP contribution >= 0.6 is 0 Å². The Kier molecular flexibility index (Phi) is 4.46. The fraction of sp³-hybridized carbons (Fsp3) is 0.462. The molecule has 1 unspecified atom stereocenters. The van der Waals surface area contributed by atoms with E-state index in [0.717, 1.165) is 25.9 Å². The van der Waals surface area contributed by atoms with Gasteiger partial charge in [-0.1, -0.05) is 12.1 Å². The molecule has 2 N–H and O–H groups in total. The zero-order chi connectivity index (χ0) is 13.7. The number of benzene rings is 1. The molecular weight excluding hydrogens is 246 g/mol. The van der Waals surface area contributed by atoms with Crippen molar-refractivity contribution in [3.63, 3.8) is 0 Å². The van der Waals surface area contributed by atoms with Crippen LogP contribution in [0.5, 0.6) is 0 Å². The zero-order valence-corrected chi connectivity index (χ0v) is 10.6. The van der Waals surface area contributed by atoms with E-state index in [1.54, 1.807) is 12.1 Å². The van der Waals surface area contributed by atoms with Gasteiger partial charge in [0.05, 0.1) is 4.92 Å². The van der Waals surface area contributed by atoms with E-state index in [2.05, 4.69) is 10.6 Å². The predicted octanol–water partition coefficient (Wildman–Crippen LogP) is 1.32. The number of rotatable bonds is 4. The molecule has 6 nitrogen and oxygen atoms in total. The minimum atomic E-state index is -0.531. The van der Waals surface area contributed by atoms with Gasteiger partial charge in [0.1, 0.15) is 5.56 Å². The van der Waals surface area contributed by atoms with Crippen molar-refractivity contribution in [2.45, 2.75) is 12.8 Å². The minimum absolute atomic E-state index is 0.122. The molecule has 1 aliphatic heterocycles. The van der Waals surface area contributed by atoms with Gasteiger partial charge in [-0.2, -0.15) is 0 Å². The first-order chi connectivity index (χ1) is 9.18. The Balaban J connectivity index is 1.97. The smallest absolute Gasteiger partial charge is 0.282 e. The second-order valence-electron chi connectivity index (χ2n) is 4.70. The molecule has 0 saturated carbocycles. The molecule has 1 fully saturated rings. The van der Waals surface area contributed by atoms with Gasteiger partial charge in [-0.15, -0.1) is 0 Å². The Morgan fingerprint density at radius 1 is 1.47 bits per heavy atom. The van der Waals surface area contributed by atoms with Crippen LogP contribution in [0.1, 0.15) is 23.2 Å². The van der Waals surface area contributed by atoms with Crippen molar-refractivity contribution in [2.75, 3.05) is 19.6 Å². The maximum Gasteiger partial charge on any atom is 0.282 e. The van der Waals surface area contributed by atoms with E-state index in [1.165, 1.54) is 12.1 Å². The lowest BCUT2D eigenvalue weighted by Gasteiger charge is -2.22.